The van der Waals surface area contributed by atoms with Crippen molar-refractivity contribution in [2.24, 2.45) is 0 Å². The molecule has 2 rings (SSSR count). The molecular formula is C15H16N3O4S-. The molecule has 0 atom stereocenters. The van der Waals surface area contributed by atoms with Crippen LogP contribution >= 0.6 is 11.8 Å². The summed E-state index contributed by atoms with van der Waals surface area (Å²) in [5, 5.41) is 18.2. The van der Waals surface area contributed by atoms with E-state index in [1.807, 2.05) is 6.92 Å². The zero-order chi connectivity index (χ0) is 16.8. The second-order valence-corrected chi connectivity index (χ2v) is 5.45. The van der Waals surface area contributed by atoms with E-state index in [1.54, 1.807) is 32.2 Å². The van der Waals surface area contributed by atoms with Crippen molar-refractivity contribution in [3.8, 4) is 11.5 Å². The van der Waals surface area contributed by atoms with Crippen LogP contribution in [0.3, 0.4) is 0 Å². The molecule has 0 aliphatic rings. The number of hydrogen-bond donors (Lipinski definition) is 1. The van der Waals surface area contributed by atoms with Crippen molar-refractivity contribution in [3.63, 3.8) is 0 Å². The average Bonchev–Trinajstić information content (AvgIpc) is 2.92. The summed E-state index contributed by atoms with van der Waals surface area (Å²) in [6.07, 6.45) is 1.48. The van der Waals surface area contributed by atoms with E-state index in [2.05, 4.69) is 15.2 Å². The zero-order valence-corrected chi connectivity index (χ0v) is 13.8. The predicted octanol–water partition coefficient (Wildman–Crippen LogP) is 1.40. The second kappa shape index (κ2) is 7.68. The first-order chi connectivity index (χ1) is 11.0. The Hall–Kier alpha value is -2.48. The average molecular weight is 334 g/mol. The van der Waals surface area contributed by atoms with Crippen LogP contribution in [0.5, 0.6) is 11.5 Å². The highest BCUT2D eigenvalue weighted by molar-refractivity contribution is 8.04. The highest BCUT2D eigenvalue weighted by Crippen LogP contribution is 2.31. The van der Waals surface area contributed by atoms with E-state index in [4.69, 9.17) is 9.47 Å². The number of carbonyl (C=O) groups is 1. The predicted molar refractivity (Wildman–Crippen MR) is 84.1 cm³/mol. The van der Waals surface area contributed by atoms with Gasteiger partial charge in [-0.25, -0.2) is 4.98 Å². The lowest BCUT2D eigenvalue weighted by Gasteiger charge is -2.11. The van der Waals surface area contributed by atoms with Crippen molar-refractivity contribution in [3.05, 3.63) is 34.5 Å². The van der Waals surface area contributed by atoms with Crippen LogP contribution in [0.4, 0.5) is 0 Å². The highest BCUT2D eigenvalue weighted by atomic mass is 32.2. The van der Waals surface area contributed by atoms with Gasteiger partial charge in [-0.3, -0.25) is 5.10 Å². The van der Waals surface area contributed by atoms with E-state index >= 15 is 0 Å². The molecule has 0 unspecified atom stereocenters. The monoisotopic (exact) mass is 334 g/mol. The van der Waals surface area contributed by atoms with Gasteiger partial charge in [0.05, 0.1) is 19.7 Å². The normalized spacial score (nSPS) is 11.3. The van der Waals surface area contributed by atoms with Gasteiger partial charge in [0.2, 0.25) is 5.16 Å². The summed E-state index contributed by atoms with van der Waals surface area (Å²) in [5.41, 5.74) is 0.646. The molecule has 8 heteroatoms. The number of ether oxygens (including phenoxy) is 2. The van der Waals surface area contributed by atoms with Crippen molar-refractivity contribution in [2.45, 2.75) is 19.0 Å². The minimum atomic E-state index is -1.30. The van der Waals surface area contributed by atoms with Crippen LogP contribution < -0.4 is 14.6 Å². The highest BCUT2D eigenvalue weighted by Gasteiger charge is 2.09. The standard InChI is InChI=1S/C15H17N3O4S/c1-4-22-12-7-10(5-6-11(12)21-3)8-13(14(19)20)23-15-16-9(2)17-18-15/h5-8H,4H2,1-3H3,(H,19,20)(H,16,17,18)/p-1/b13-8+. The molecule has 0 radical (unpaired) electrons. The number of nitrogens with zero attached hydrogens (tertiary/aromatic N) is 2. The Morgan fingerprint density at radius 2 is 2.22 bits per heavy atom. The maximum absolute atomic E-state index is 11.3. The van der Waals surface area contributed by atoms with Gasteiger partial charge in [-0.1, -0.05) is 6.07 Å². The van der Waals surface area contributed by atoms with Gasteiger partial charge in [0, 0.05) is 4.91 Å². The third-order valence-corrected chi connectivity index (χ3v) is 3.63. The van der Waals surface area contributed by atoms with Crippen molar-refractivity contribution in [2.75, 3.05) is 13.7 Å². The van der Waals surface area contributed by atoms with Crippen molar-refractivity contribution >= 4 is 23.8 Å². The SMILES string of the molecule is CCOc1cc(/C=C(/Sc2n[nH]c(C)n2)C(=O)[O-])ccc1OC. The van der Waals surface area contributed by atoms with E-state index in [9.17, 15) is 9.90 Å². The number of aliphatic carboxylic acids is 1. The first kappa shape index (κ1) is 16.9. The molecule has 1 aromatic heterocycles. The topological polar surface area (TPSA) is 100 Å². The zero-order valence-electron chi connectivity index (χ0n) is 13.0. The molecule has 0 aliphatic heterocycles. The summed E-state index contributed by atoms with van der Waals surface area (Å²) in [5.74, 6) is 0.427. The van der Waals surface area contributed by atoms with Gasteiger partial charge in [-0.05, 0) is 49.4 Å². The fourth-order valence-corrected chi connectivity index (χ4v) is 2.55. The largest absolute Gasteiger partial charge is 0.544 e. The number of carbonyl (C=O) groups excluding carboxylic acids is 1. The molecule has 7 nitrogen and oxygen atoms in total. The molecule has 122 valence electrons. The van der Waals surface area contributed by atoms with Crippen LogP contribution in [0.2, 0.25) is 0 Å². The number of benzene rings is 1. The Balaban J connectivity index is 2.31. The van der Waals surface area contributed by atoms with E-state index in [-0.39, 0.29) is 4.91 Å². The molecule has 23 heavy (non-hydrogen) atoms. The lowest BCUT2D eigenvalue weighted by atomic mass is 10.2. The molecule has 0 saturated carbocycles. The van der Waals surface area contributed by atoms with E-state index in [0.717, 1.165) is 11.8 Å². The second-order valence-electron chi connectivity index (χ2n) is 4.44. The van der Waals surface area contributed by atoms with Gasteiger partial charge >= 0.3 is 0 Å². The molecule has 1 heterocycles. The quantitative estimate of drug-likeness (QED) is 0.603. The van der Waals surface area contributed by atoms with E-state index in [0.29, 0.717) is 34.7 Å². The molecule has 1 aromatic carbocycles. The van der Waals surface area contributed by atoms with Crippen molar-refractivity contribution in [1.82, 2.24) is 15.2 Å². The summed E-state index contributed by atoms with van der Waals surface area (Å²) < 4.78 is 10.7. The molecule has 1 N–H and O–H groups in total. The summed E-state index contributed by atoms with van der Waals surface area (Å²) in [4.78, 5) is 15.4. The van der Waals surface area contributed by atoms with Crippen LogP contribution in [-0.4, -0.2) is 34.9 Å². The van der Waals surface area contributed by atoms with Gasteiger partial charge < -0.3 is 19.4 Å². The number of methoxy groups -OCH3 is 1. The van der Waals surface area contributed by atoms with Gasteiger partial charge in [0.25, 0.3) is 0 Å². The van der Waals surface area contributed by atoms with Crippen LogP contribution in [-0.2, 0) is 4.79 Å². The van der Waals surface area contributed by atoms with Crippen molar-refractivity contribution < 1.29 is 19.4 Å². The molecule has 0 amide bonds. The maximum Gasteiger partial charge on any atom is 0.213 e. The molecular weight excluding hydrogens is 318 g/mol. The smallest absolute Gasteiger partial charge is 0.213 e. The van der Waals surface area contributed by atoms with Gasteiger partial charge in [-0.2, -0.15) is 0 Å². The summed E-state index contributed by atoms with van der Waals surface area (Å²) in [7, 11) is 1.54. The number of thioether (sulfide) groups is 1. The first-order valence-electron chi connectivity index (χ1n) is 6.84. The maximum atomic E-state index is 11.3. The lowest BCUT2D eigenvalue weighted by Crippen LogP contribution is -2.23. The van der Waals surface area contributed by atoms with Crippen LogP contribution in [0.15, 0.2) is 28.3 Å². The minimum Gasteiger partial charge on any atom is -0.544 e. The lowest BCUT2D eigenvalue weighted by molar-refractivity contribution is -0.297. The summed E-state index contributed by atoms with van der Waals surface area (Å²) >= 11 is 0.915. The number of aromatic amines is 1. The number of hydrogen-bond acceptors (Lipinski definition) is 7. The number of aromatic nitrogens is 3. The number of H-pyrrole nitrogens is 1. The van der Waals surface area contributed by atoms with Gasteiger partial charge in [-0.15, -0.1) is 5.10 Å². The Bertz CT molecular complexity index is 727. The molecule has 0 bridgehead atoms. The molecule has 0 aliphatic carbocycles. The van der Waals surface area contributed by atoms with Gasteiger partial charge in [0.1, 0.15) is 5.82 Å². The molecule has 0 fully saturated rings. The third-order valence-electron chi connectivity index (χ3n) is 2.76. The number of carboxylic acids is 1. The molecule has 2 aromatic rings. The summed E-state index contributed by atoms with van der Waals surface area (Å²) in [6.45, 7) is 4.06. The Labute approximate surface area is 137 Å². The Morgan fingerprint density at radius 3 is 2.78 bits per heavy atom. The van der Waals surface area contributed by atoms with E-state index in [1.165, 1.54) is 6.08 Å². The number of nitrogens with one attached hydrogen (secondary N) is 1. The Morgan fingerprint density at radius 1 is 1.43 bits per heavy atom. The molecule has 0 spiro atoms. The van der Waals surface area contributed by atoms with Crippen LogP contribution in [0.25, 0.3) is 6.08 Å². The third kappa shape index (κ3) is 4.49. The summed E-state index contributed by atoms with van der Waals surface area (Å²) in [6, 6.07) is 5.15. The number of aryl methyl sites for hydroxylation is 1. The fraction of sp³-hybridized carbons (Fsp3) is 0.267. The van der Waals surface area contributed by atoms with Crippen molar-refractivity contribution in [1.29, 1.82) is 0 Å². The fourth-order valence-electron chi connectivity index (χ4n) is 1.80. The van der Waals surface area contributed by atoms with Crippen LogP contribution in [0.1, 0.15) is 18.3 Å². The Kier molecular flexibility index (Phi) is 5.64. The number of rotatable bonds is 7. The first-order valence-corrected chi connectivity index (χ1v) is 7.66. The van der Waals surface area contributed by atoms with Gasteiger partial charge in [0.15, 0.2) is 11.5 Å². The molecule has 0 saturated heterocycles. The number of carboxylic acid groups (broad SMARTS) is 1. The van der Waals surface area contributed by atoms with Crippen LogP contribution in [0, 0.1) is 6.92 Å². The minimum absolute atomic E-state index is 0.00313. The van der Waals surface area contributed by atoms with E-state index < -0.39 is 5.97 Å².